The SMILES string of the molecule is CCCOc1ccc(NC(=O)c2cc(Br)cnc2Cl)c(C)c1. The highest BCUT2D eigenvalue weighted by molar-refractivity contribution is 9.10. The van der Waals surface area contributed by atoms with E-state index in [0.29, 0.717) is 22.3 Å². The van der Waals surface area contributed by atoms with E-state index in [0.717, 1.165) is 17.7 Å². The molecule has 0 aliphatic heterocycles. The Hall–Kier alpha value is -1.59. The molecule has 0 saturated heterocycles. The fraction of sp³-hybridized carbons (Fsp3) is 0.250. The Morgan fingerprint density at radius 1 is 1.41 bits per heavy atom. The molecule has 1 N–H and O–H groups in total. The van der Waals surface area contributed by atoms with Crippen molar-refractivity contribution >= 4 is 39.1 Å². The number of aryl methyl sites for hydroxylation is 1. The molecule has 116 valence electrons. The molecule has 22 heavy (non-hydrogen) atoms. The van der Waals surface area contributed by atoms with Gasteiger partial charge in [-0.1, -0.05) is 18.5 Å². The first-order chi connectivity index (χ1) is 10.5. The van der Waals surface area contributed by atoms with Crippen molar-refractivity contribution in [2.45, 2.75) is 20.3 Å². The topological polar surface area (TPSA) is 51.2 Å². The molecule has 4 nitrogen and oxygen atoms in total. The summed E-state index contributed by atoms with van der Waals surface area (Å²) >= 11 is 9.25. The summed E-state index contributed by atoms with van der Waals surface area (Å²) in [6, 6.07) is 7.18. The summed E-state index contributed by atoms with van der Waals surface area (Å²) in [4.78, 5) is 16.3. The first-order valence-corrected chi connectivity index (χ1v) is 8.04. The van der Waals surface area contributed by atoms with Crippen LogP contribution in [0.2, 0.25) is 5.15 Å². The minimum absolute atomic E-state index is 0.168. The summed E-state index contributed by atoms with van der Waals surface area (Å²) in [6.07, 6.45) is 2.50. The zero-order valence-electron chi connectivity index (χ0n) is 12.3. The molecular formula is C16H16BrClN2O2. The third kappa shape index (κ3) is 4.21. The number of nitrogens with one attached hydrogen (secondary N) is 1. The first-order valence-electron chi connectivity index (χ1n) is 6.87. The van der Waals surface area contributed by atoms with Crippen molar-refractivity contribution in [1.82, 2.24) is 4.98 Å². The van der Waals surface area contributed by atoms with Gasteiger partial charge < -0.3 is 10.1 Å². The number of rotatable bonds is 5. The van der Waals surface area contributed by atoms with Crippen molar-refractivity contribution in [2.75, 3.05) is 11.9 Å². The molecule has 0 aliphatic carbocycles. The summed E-state index contributed by atoms with van der Waals surface area (Å²) in [6.45, 7) is 4.64. The van der Waals surface area contributed by atoms with Crippen LogP contribution >= 0.6 is 27.5 Å². The highest BCUT2D eigenvalue weighted by Gasteiger charge is 2.13. The first kappa shape index (κ1) is 16.8. The van der Waals surface area contributed by atoms with E-state index in [4.69, 9.17) is 16.3 Å². The quantitative estimate of drug-likeness (QED) is 0.751. The second-order valence-corrected chi connectivity index (χ2v) is 6.04. The number of carbonyl (C=O) groups excluding carboxylic acids is 1. The smallest absolute Gasteiger partial charge is 0.258 e. The molecule has 1 heterocycles. The van der Waals surface area contributed by atoms with Crippen molar-refractivity contribution in [3.8, 4) is 5.75 Å². The molecule has 0 radical (unpaired) electrons. The van der Waals surface area contributed by atoms with Gasteiger partial charge in [-0.15, -0.1) is 0 Å². The summed E-state index contributed by atoms with van der Waals surface area (Å²) in [5, 5.41) is 3.01. The zero-order chi connectivity index (χ0) is 16.1. The van der Waals surface area contributed by atoms with Crippen LogP contribution in [0.5, 0.6) is 5.75 Å². The third-order valence-electron chi connectivity index (χ3n) is 2.97. The molecule has 0 saturated carbocycles. The van der Waals surface area contributed by atoms with Gasteiger partial charge in [-0.2, -0.15) is 0 Å². The van der Waals surface area contributed by atoms with Crippen LogP contribution in [0.1, 0.15) is 29.3 Å². The maximum Gasteiger partial charge on any atom is 0.258 e. The van der Waals surface area contributed by atoms with Crippen LogP contribution in [0.15, 0.2) is 34.9 Å². The average molecular weight is 384 g/mol. The normalized spacial score (nSPS) is 10.4. The predicted octanol–water partition coefficient (Wildman–Crippen LogP) is 4.85. The molecule has 1 amide bonds. The van der Waals surface area contributed by atoms with Gasteiger partial charge in [-0.05, 0) is 59.1 Å². The molecule has 2 aromatic rings. The average Bonchev–Trinajstić information content (AvgIpc) is 2.50. The lowest BCUT2D eigenvalue weighted by molar-refractivity contribution is 0.102. The largest absolute Gasteiger partial charge is 0.494 e. The van der Waals surface area contributed by atoms with E-state index in [9.17, 15) is 4.79 Å². The number of halogens is 2. The number of pyridine rings is 1. The van der Waals surface area contributed by atoms with Crippen LogP contribution in [0.3, 0.4) is 0 Å². The molecule has 1 aromatic heterocycles. The molecule has 2 rings (SSSR count). The molecule has 0 bridgehead atoms. The Bertz CT molecular complexity index is 692. The third-order valence-corrected chi connectivity index (χ3v) is 3.70. The van der Waals surface area contributed by atoms with E-state index < -0.39 is 0 Å². The highest BCUT2D eigenvalue weighted by Crippen LogP contribution is 2.24. The second-order valence-electron chi connectivity index (χ2n) is 4.77. The lowest BCUT2D eigenvalue weighted by Crippen LogP contribution is -2.14. The van der Waals surface area contributed by atoms with Gasteiger partial charge in [0.15, 0.2) is 0 Å². The van der Waals surface area contributed by atoms with Gasteiger partial charge in [-0.25, -0.2) is 4.98 Å². The summed E-state index contributed by atoms with van der Waals surface area (Å²) in [5.74, 6) is 0.489. The number of hydrogen-bond acceptors (Lipinski definition) is 3. The summed E-state index contributed by atoms with van der Waals surface area (Å²) < 4.78 is 6.26. The predicted molar refractivity (Wildman–Crippen MR) is 91.9 cm³/mol. The molecule has 0 spiro atoms. The van der Waals surface area contributed by atoms with Gasteiger partial charge in [0.1, 0.15) is 10.9 Å². The lowest BCUT2D eigenvalue weighted by Gasteiger charge is -2.11. The van der Waals surface area contributed by atoms with Crippen LogP contribution in [0, 0.1) is 6.92 Å². The number of benzene rings is 1. The van der Waals surface area contributed by atoms with E-state index in [1.807, 2.05) is 25.1 Å². The Morgan fingerprint density at radius 2 is 2.18 bits per heavy atom. The Kier molecular flexibility index (Phi) is 5.80. The van der Waals surface area contributed by atoms with Gasteiger partial charge in [0, 0.05) is 16.4 Å². The molecule has 0 atom stereocenters. The Labute approximate surface area is 143 Å². The minimum Gasteiger partial charge on any atom is -0.494 e. The van der Waals surface area contributed by atoms with Gasteiger partial charge in [0.2, 0.25) is 0 Å². The number of hydrogen-bond donors (Lipinski definition) is 1. The van der Waals surface area contributed by atoms with E-state index in [-0.39, 0.29) is 11.1 Å². The van der Waals surface area contributed by atoms with Crippen LogP contribution < -0.4 is 10.1 Å². The van der Waals surface area contributed by atoms with Crippen molar-refractivity contribution in [3.05, 3.63) is 51.2 Å². The number of ether oxygens (including phenoxy) is 1. The van der Waals surface area contributed by atoms with Crippen LogP contribution in [0.25, 0.3) is 0 Å². The lowest BCUT2D eigenvalue weighted by atomic mass is 10.1. The van der Waals surface area contributed by atoms with Gasteiger partial charge in [0.25, 0.3) is 5.91 Å². The number of anilines is 1. The van der Waals surface area contributed by atoms with Crippen LogP contribution in [-0.4, -0.2) is 17.5 Å². The van der Waals surface area contributed by atoms with Crippen molar-refractivity contribution in [2.24, 2.45) is 0 Å². The maximum atomic E-state index is 12.3. The Balaban J connectivity index is 2.16. The van der Waals surface area contributed by atoms with Crippen LogP contribution in [0.4, 0.5) is 5.69 Å². The maximum absolute atomic E-state index is 12.3. The number of amides is 1. The molecule has 1 aromatic carbocycles. The van der Waals surface area contributed by atoms with E-state index in [2.05, 4.69) is 33.2 Å². The van der Waals surface area contributed by atoms with Gasteiger partial charge in [0.05, 0.1) is 12.2 Å². The fourth-order valence-electron chi connectivity index (χ4n) is 1.86. The fourth-order valence-corrected chi connectivity index (χ4v) is 2.38. The van der Waals surface area contributed by atoms with Gasteiger partial charge >= 0.3 is 0 Å². The molecule has 0 fully saturated rings. The monoisotopic (exact) mass is 382 g/mol. The number of carbonyl (C=O) groups is 1. The van der Waals surface area contributed by atoms with Gasteiger partial charge in [-0.3, -0.25) is 4.79 Å². The van der Waals surface area contributed by atoms with Crippen molar-refractivity contribution in [1.29, 1.82) is 0 Å². The number of nitrogens with zero attached hydrogens (tertiary/aromatic N) is 1. The summed E-state index contributed by atoms with van der Waals surface area (Å²) in [5.41, 5.74) is 1.95. The van der Waals surface area contributed by atoms with Crippen molar-refractivity contribution < 1.29 is 9.53 Å². The number of aromatic nitrogens is 1. The molecule has 0 unspecified atom stereocenters. The molecular weight excluding hydrogens is 368 g/mol. The zero-order valence-corrected chi connectivity index (χ0v) is 14.7. The second kappa shape index (κ2) is 7.61. The van der Waals surface area contributed by atoms with Crippen LogP contribution in [-0.2, 0) is 0 Å². The van der Waals surface area contributed by atoms with E-state index in [1.165, 1.54) is 0 Å². The van der Waals surface area contributed by atoms with E-state index >= 15 is 0 Å². The summed E-state index contributed by atoms with van der Waals surface area (Å²) in [7, 11) is 0. The Morgan fingerprint density at radius 3 is 2.86 bits per heavy atom. The van der Waals surface area contributed by atoms with E-state index in [1.54, 1.807) is 12.3 Å². The van der Waals surface area contributed by atoms with Crippen molar-refractivity contribution in [3.63, 3.8) is 0 Å². The minimum atomic E-state index is -0.302. The molecule has 6 heteroatoms. The molecule has 0 aliphatic rings. The highest BCUT2D eigenvalue weighted by atomic mass is 79.9. The standard InChI is InChI=1S/C16H16BrClN2O2/c1-3-6-22-12-4-5-14(10(2)7-12)20-16(21)13-8-11(17)9-19-15(13)18/h4-5,7-9H,3,6H2,1-2H3,(H,20,21).